The number of methoxy groups -OCH3 is 1. The molecule has 1 aliphatic heterocycles. The fourth-order valence-corrected chi connectivity index (χ4v) is 4.37. The predicted molar refractivity (Wildman–Crippen MR) is 113 cm³/mol. The van der Waals surface area contributed by atoms with Gasteiger partial charge in [0.25, 0.3) is 0 Å². The first-order valence-corrected chi connectivity index (χ1v) is 10.3. The lowest BCUT2D eigenvalue weighted by atomic mass is 9.82. The van der Waals surface area contributed by atoms with Crippen LogP contribution in [0.3, 0.4) is 0 Å². The molecular formula is C24H26N2O4. The Morgan fingerprint density at radius 1 is 1.17 bits per heavy atom. The first-order chi connectivity index (χ1) is 14.6. The summed E-state index contributed by atoms with van der Waals surface area (Å²) in [6.45, 7) is 0.255. The normalized spacial score (nSPS) is 22.4. The molecule has 6 nitrogen and oxygen atoms in total. The first-order valence-electron chi connectivity index (χ1n) is 10.3. The quantitative estimate of drug-likeness (QED) is 0.748. The van der Waals surface area contributed by atoms with Gasteiger partial charge in [-0.05, 0) is 36.0 Å². The van der Waals surface area contributed by atoms with Gasteiger partial charge in [-0.15, -0.1) is 0 Å². The Morgan fingerprint density at radius 2 is 1.93 bits per heavy atom. The number of oxime groups is 1. The average Bonchev–Trinajstić information content (AvgIpc) is 3.21. The topological polar surface area (TPSA) is 77.0 Å². The average molecular weight is 406 g/mol. The van der Waals surface area contributed by atoms with Crippen LogP contribution in [-0.4, -0.2) is 36.8 Å². The maximum Gasteiger partial charge on any atom is 0.353 e. The molecule has 0 aromatic heterocycles. The van der Waals surface area contributed by atoms with Crippen LogP contribution in [0.4, 0.5) is 0 Å². The first kappa shape index (κ1) is 20.1. The van der Waals surface area contributed by atoms with Crippen LogP contribution >= 0.6 is 0 Å². The number of fused-ring (bicyclic) bond motifs is 1. The van der Waals surface area contributed by atoms with Gasteiger partial charge in [0.05, 0.1) is 25.3 Å². The molecule has 0 fully saturated rings. The van der Waals surface area contributed by atoms with E-state index in [1.54, 1.807) is 0 Å². The number of aryl methyl sites for hydroxylation is 1. The summed E-state index contributed by atoms with van der Waals surface area (Å²) in [6.07, 6.45) is 3.50. The van der Waals surface area contributed by atoms with E-state index >= 15 is 0 Å². The van der Waals surface area contributed by atoms with E-state index in [1.165, 1.54) is 12.7 Å². The molecule has 2 unspecified atom stereocenters. The minimum absolute atomic E-state index is 0.0107. The van der Waals surface area contributed by atoms with E-state index in [-0.39, 0.29) is 24.8 Å². The minimum Gasteiger partial charge on any atom is -0.466 e. The van der Waals surface area contributed by atoms with Crippen molar-refractivity contribution in [2.24, 2.45) is 5.16 Å². The van der Waals surface area contributed by atoms with E-state index in [1.807, 2.05) is 48.5 Å². The Hall–Kier alpha value is -3.15. The van der Waals surface area contributed by atoms with Gasteiger partial charge in [0.15, 0.2) is 0 Å². The molecule has 2 aromatic carbocycles. The fraction of sp³-hybridized carbons (Fsp3) is 0.375. The molecule has 2 aliphatic rings. The molecule has 156 valence electrons. The third kappa shape index (κ3) is 4.08. The molecule has 0 bridgehead atoms. The summed E-state index contributed by atoms with van der Waals surface area (Å²) in [7, 11) is 1.35. The molecule has 2 atom stereocenters. The van der Waals surface area contributed by atoms with Gasteiger partial charge in [-0.25, -0.2) is 4.79 Å². The molecule has 6 heteroatoms. The Kier molecular flexibility index (Phi) is 5.84. The van der Waals surface area contributed by atoms with Gasteiger partial charge < -0.3 is 14.9 Å². The second-order valence-electron chi connectivity index (χ2n) is 7.94. The minimum atomic E-state index is -1.19. The molecule has 0 spiro atoms. The van der Waals surface area contributed by atoms with Gasteiger partial charge in [-0.3, -0.25) is 4.79 Å². The SMILES string of the molecule is COC(=O)C1(Cc2ccccc2)CC(CNC(=O)C2CCCc3ccccc32)=NO1. The number of rotatable bonds is 6. The zero-order valence-corrected chi connectivity index (χ0v) is 17.1. The van der Waals surface area contributed by atoms with Gasteiger partial charge in [0, 0.05) is 12.8 Å². The number of esters is 1. The Balaban J connectivity index is 1.40. The van der Waals surface area contributed by atoms with Gasteiger partial charge in [0.1, 0.15) is 0 Å². The molecule has 30 heavy (non-hydrogen) atoms. The van der Waals surface area contributed by atoms with Crippen LogP contribution in [0.25, 0.3) is 0 Å². The van der Waals surface area contributed by atoms with Gasteiger partial charge in [-0.2, -0.15) is 0 Å². The Morgan fingerprint density at radius 3 is 2.73 bits per heavy atom. The van der Waals surface area contributed by atoms with Crippen molar-refractivity contribution < 1.29 is 19.2 Å². The highest BCUT2D eigenvalue weighted by atomic mass is 16.7. The largest absolute Gasteiger partial charge is 0.466 e. The summed E-state index contributed by atoms with van der Waals surface area (Å²) in [5.41, 5.74) is 2.76. The monoisotopic (exact) mass is 406 g/mol. The molecule has 4 rings (SSSR count). The lowest BCUT2D eigenvalue weighted by Crippen LogP contribution is -2.43. The summed E-state index contributed by atoms with van der Waals surface area (Å²) in [4.78, 5) is 31.0. The summed E-state index contributed by atoms with van der Waals surface area (Å²) in [5, 5.41) is 7.11. The third-order valence-electron chi connectivity index (χ3n) is 5.88. The van der Waals surface area contributed by atoms with Crippen molar-refractivity contribution in [1.29, 1.82) is 0 Å². The van der Waals surface area contributed by atoms with Crippen molar-refractivity contribution in [3.05, 3.63) is 71.3 Å². The van der Waals surface area contributed by atoms with E-state index in [2.05, 4.69) is 16.5 Å². The number of carbonyl (C=O) groups excluding carboxylic acids is 2. The second kappa shape index (κ2) is 8.69. The molecule has 0 radical (unpaired) electrons. The zero-order valence-electron chi connectivity index (χ0n) is 17.1. The van der Waals surface area contributed by atoms with Crippen LogP contribution in [0.1, 0.15) is 41.9 Å². The lowest BCUT2D eigenvalue weighted by molar-refractivity contribution is -0.166. The van der Waals surface area contributed by atoms with E-state index in [4.69, 9.17) is 9.57 Å². The molecule has 1 amide bonds. The van der Waals surface area contributed by atoms with Crippen molar-refractivity contribution in [2.75, 3.05) is 13.7 Å². The zero-order chi connectivity index (χ0) is 21.0. The molecule has 2 aromatic rings. The van der Waals surface area contributed by atoms with E-state index in [0.717, 1.165) is 30.4 Å². The van der Waals surface area contributed by atoms with Crippen LogP contribution < -0.4 is 5.32 Å². The summed E-state index contributed by atoms with van der Waals surface area (Å²) >= 11 is 0. The lowest BCUT2D eigenvalue weighted by Gasteiger charge is -2.25. The predicted octanol–water partition coefficient (Wildman–Crippen LogP) is 3.15. The molecule has 1 aliphatic carbocycles. The summed E-state index contributed by atoms with van der Waals surface area (Å²) < 4.78 is 4.99. The maximum absolute atomic E-state index is 12.9. The maximum atomic E-state index is 12.9. The fourth-order valence-electron chi connectivity index (χ4n) is 4.37. The van der Waals surface area contributed by atoms with Crippen molar-refractivity contribution in [3.8, 4) is 0 Å². The molecule has 0 saturated heterocycles. The Bertz CT molecular complexity index is 957. The molecule has 1 N–H and O–H groups in total. The van der Waals surface area contributed by atoms with Crippen molar-refractivity contribution in [2.45, 2.75) is 43.6 Å². The van der Waals surface area contributed by atoms with Crippen LogP contribution in [0, 0.1) is 0 Å². The number of amides is 1. The number of nitrogens with one attached hydrogen (secondary N) is 1. The summed E-state index contributed by atoms with van der Waals surface area (Å²) in [6, 6.07) is 17.8. The number of hydrogen-bond acceptors (Lipinski definition) is 5. The number of ether oxygens (including phenoxy) is 1. The highest BCUT2D eigenvalue weighted by Crippen LogP contribution is 2.32. The van der Waals surface area contributed by atoms with Crippen LogP contribution in [0.15, 0.2) is 59.8 Å². The van der Waals surface area contributed by atoms with E-state index < -0.39 is 11.6 Å². The number of carbonyl (C=O) groups is 2. The molecule has 0 saturated carbocycles. The number of benzene rings is 2. The van der Waals surface area contributed by atoms with Crippen LogP contribution in [0.5, 0.6) is 0 Å². The van der Waals surface area contributed by atoms with Crippen LogP contribution in [0.2, 0.25) is 0 Å². The number of hydrogen-bond donors (Lipinski definition) is 1. The van der Waals surface area contributed by atoms with Crippen LogP contribution in [-0.2, 0) is 32.0 Å². The van der Waals surface area contributed by atoms with Crippen molar-refractivity contribution in [3.63, 3.8) is 0 Å². The van der Waals surface area contributed by atoms with Gasteiger partial charge in [0.2, 0.25) is 11.5 Å². The van der Waals surface area contributed by atoms with Gasteiger partial charge in [-0.1, -0.05) is 59.8 Å². The molecule has 1 heterocycles. The van der Waals surface area contributed by atoms with Gasteiger partial charge >= 0.3 is 5.97 Å². The highest BCUT2D eigenvalue weighted by Gasteiger charge is 2.47. The second-order valence-corrected chi connectivity index (χ2v) is 7.94. The van der Waals surface area contributed by atoms with E-state index in [0.29, 0.717) is 12.1 Å². The Labute approximate surface area is 176 Å². The van der Waals surface area contributed by atoms with E-state index in [9.17, 15) is 9.59 Å². The number of nitrogens with zero attached hydrogens (tertiary/aromatic N) is 1. The third-order valence-corrected chi connectivity index (χ3v) is 5.88. The summed E-state index contributed by atoms with van der Waals surface area (Å²) in [5.74, 6) is -0.617. The smallest absolute Gasteiger partial charge is 0.353 e. The highest BCUT2D eigenvalue weighted by molar-refractivity contribution is 5.97. The molecular weight excluding hydrogens is 380 g/mol. The van der Waals surface area contributed by atoms with Crippen molar-refractivity contribution >= 4 is 17.6 Å². The standard InChI is InChI=1S/C24H26N2O4/c1-29-23(28)24(14-17-8-3-2-4-9-17)15-19(26-30-24)16-25-22(27)21-13-7-11-18-10-5-6-12-20(18)21/h2-6,8-10,12,21H,7,11,13-16H2,1H3,(H,25,27). The van der Waals surface area contributed by atoms with Crippen molar-refractivity contribution in [1.82, 2.24) is 5.32 Å².